The highest BCUT2D eigenvalue weighted by Crippen LogP contribution is 2.22. The SMILES string of the molecule is CCCCC(CC)COCCOOC(=O)c1ccc(C(C)(C)C)cc1. The van der Waals surface area contributed by atoms with Gasteiger partial charge in [0.05, 0.1) is 12.2 Å². The molecule has 0 spiro atoms. The quantitative estimate of drug-likeness (QED) is 0.308. The van der Waals surface area contributed by atoms with Crippen LogP contribution >= 0.6 is 0 Å². The molecule has 0 aliphatic heterocycles. The van der Waals surface area contributed by atoms with Crippen molar-refractivity contribution in [2.45, 2.75) is 65.7 Å². The van der Waals surface area contributed by atoms with E-state index in [1.807, 2.05) is 12.1 Å². The standard InChI is InChI=1S/C21H34O4/c1-6-8-9-17(7-2)16-23-14-15-24-25-20(22)18-10-12-19(13-11-18)21(3,4)5/h10-13,17H,6-9,14-16H2,1-5H3. The van der Waals surface area contributed by atoms with Gasteiger partial charge in [0.1, 0.15) is 6.61 Å². The summed E-state index contributed by atoms with van der Waals surface area (Å²) in [5.74, 6) is 0.124. The van der Waals surface area contributed by atoms with Crippen LogP contribution in [0, 0.1) is 5.92 Å². The molecule has 1 aromatic rings. The molecule has 0 heterocycles. The van der Waals surface area contributed by atoms with Crippen LogP contribution in [-0.4, -0.2) is 25.8 Å². The molecule has 0 aliphatic carbocycles. The van der Waals surface area contributed by atoms with Crippen LogP contribution in [0.5, 0.6) is 0 Å². The molecule has 1 aromatic carbocycles. The number of hydrogen-bond acceptors (Lipinski definition) is 4. The van der Waals surface area contributed by atoms with Crippen molar-refractivity contribution in [2.75, 3.05) is 19.8 Å². The summed E-state index contributed by atoms with van der Waals surface area (Å²) in [7, 11) is 0. The van der Waals surface area contributed by atoms with Crippen molar-refractivity contribution < 1.29 is 19.3 Å². The van der Waals surface area contributed by atoms with Crippen LogP contribution < -0.4 is 0 Å². The van der Waals surface area contributed by atoms with Crippen molar-refractivity contribution in [3.05, 3.63) is 35.4 Å². The van der Waals surface area contributed by atoms with Gasteiger partial charge in [0, 0.05) is 6.61 Å². The fraction of sp³-hybridized carbons (Fsp3) is 0.667. The van der Waals surface area contributed by atoms with Gasteiger partial charge < -0.3 is 4.74 Å². The van der Waals surface area contributed by atoms with Gasteiger partial charge in [-0.2, -0.15) is 4.89 Å². The average Bonchev–Trinajstić information content (AvgIpc) is 2.59. The third-order valence-electron chi connectivity index (χ3n) is 4.33. The molecule has 0 fully saturated rings. The number of hydrogen-bond donors (Lipinski definition) is 0. The van der Waals surface area contributed by atoms with Crippen molar-refractivity contribution >= 4 is 5.97 Å². The Kier molecular flexibility index (Phi) is 9.76. The Morgan fingerprint density at radius 3 is 2.32 bits per heavy atom. The predicted octanol–water partition coefficient (Wildman–Crippen LogP) is 5.31. The fourth-order valence-corrected chi connectivity index (χ4v) is 2.49. The second-order valence-corrected chi connectivity index (χ2v) is 7.51. The zero-order valence-electron chi connectivity index (χ0n) is 16.5. The van der Waals surface area contributed by atoms with Crippen LogP contribution in [0.25, 0.3) is 0 Å². The van der Waals surface area contributed by atoms with Gasteiger partial charge in [-0.05, 0) is 35.4 Å². The summed E-state index contributed by atoms with van der Waals surface area (Å²) in [6.07, 6.45) is 4.78. The summed E-state index contributed by atoms with van der Waals surface area (Å²) in [5, 5.41) is 0. The predicted molar refractivity (Wildman–Crippen MR) is 101 cm³/mol. The van der Waals surface area contributed by atoms with Gasteiger partial charge >= 0.3 is 5.97 Å². The van der Waals surface area contributed by atoms with E-state index in [9.17, 15) is 4.79 Å². The van der Waals surface area contributed by atoms with E-state index in [2.05, 4.69) is 34.6 Å². The van der Waals surface area contributed by atoms with E-state index in [0.717, 1.165) is 13.0 Å². The smallest absolute Gasteiger partial charge is 0.373 e. The molecule has 0 radical (unpaired) electrons. The lowest BCUT2D eigenvalue weighted by Crippen LogP contribution is -2.14. The highest BCUT2D eigenvalue weighted by molar-refractivity contribution is 5.88. The van der Waals surface area contributed by atoms with Crippen LogP contribution in [0.4, 0.5) is 0 Å². The largest absolute Gasteiger partial charge is 0.379 e. The van der Waals surface area contributed by atoms with E-state index in [1.165, 1.54) is 24.8 Å². The molecule has 1 unspecified atom stereocenters. The van der Waals surface area contributed by atoms with Crippen LogP contribution in [0.15, 0.2) is 24.3 Å². The lowest BCUT2D eigenvalue weighted by Gasteiger charge is -2.18. The minimum absolute atomic E-state index is 0.0593. The van der Waals surface area contributed by atoms with E-state index in [0.29, 0.717) is 18.1 Å². The minimum atomic E-state index is -0.477. The Hall–Kier alpha value is -1.39. The molecule has 0 bridgehead atoms. The molecule has 4 nitrogen and oxygen atoms in total. The monoisotopic (exact) mass is 350 g/mol. The zero-order valence-corrected chi connectivity index (χ0v) is 16.5. The Morgan fingerprint density at radius 1 is 1.08 bits per heavy atom. The van der Waals surface area contributed by atoms with Gasteiger partial charge in [-0.3, -0.25) is 4.89 Å². The molecule has 0 aliphatic rings. The summed E-state index contributed by atoms with van der Waals surface area (Å²) in [4.78, 5) is 21.7. The molecule has 0 saturated heterocycles. The molecule has 0 amide bonds. The van der Waals surface area contributed by atoms with Crippen LogP contribution in [0.3, 0.4) is 0 Å². The molecular formula is C21H34O4. The first kappa shape index (κ1) is 21.7. The number of carbonyl (C=O) groups is 1. The average molecular weight is 350 g/mol. The van der Waals surface area contributed by atoms with Crippen molar-refractivity contribution in [2.24, 2.45) is 5.92 Å². The Balaban J connectivity index is 2.22. The van der Waals surface area contributed by atoms with E-state index in [1.54, 1.807) is 12.1 Å². The van der Waals surface area contributed by atoms with E-state index in [-0.39, 0.29) is 12.0 Å². The summed E-state index contributed by atoms with van der Waals surface area (Å²) in [6.45, 7) is 12.2. The summed E-state index contributed by atoms with van der Waals surface area (Å²) in [5.41, 5.74) is 1.72. The van der Waals surface area contributed by atoms with Gasteiger partial charge in [-0.1, -0.05) is 66.0 Å². The molecule has 0 saturated carbocycles. The number of ether oxygens (including phenoxy) is 1. The first-order valence-electron chi connectivity index (χ1n) is 9.40. The van der Waals surface area contributed by atoms with Gasteiger partial charge in [-0.25, -0.2) is 4.79 Å². The second-order valence-electron chi connectivity index (χ2n) is 7.51. The third kappa shape index (κ3) is 8.50. The topological polar surface area (TPSA) is 44.8 Å². The molecule has 0 N–H and O–H groups in total. The maximum Gasteiger partial charge on any atom is 0.373 e. The van der Waals surface area contributed by atoms with Gasteiger partial charge in [-0.15, -0.1) is 0 Å². The highest BCUT2D eigenvalue weighted by atomic mass is 17.2. The summed E-state index contributed by atoms with van der Waals surface area (Å²) >= 11 is 0. The van der Waals surface area contributed by atoms with Crippen LogP contribution in [0.1, 0.15) is 76.2 Å². The number of benzene rings is 1. The highest BCUT2D eigenvalue weighted by Gasteiger charge is 2.15. The number of unbranched alkanes of at least 4 members (excludes halogenated alkanes) is 1. The number of rotatable bonds is 11. The first-order chi connectivity index (χ1) is 11.9. The van der Waals surface area contributed by atoms with Crippen molar-refractivity contribution in [3.8, 4) is 0 Å². The van der Waals surface area contributed by atoms with E-state index < -0.39 is 5.97 Å². The van der Waals surface area contributed by atoms with Crippen LogP contribution in [0.2, 0.25) is 0 Å². The first-order valence-corrected chi connectivity index (χ1v) is 9.40. The lowest BCUT2D eigenvalue weighted by molar-refractivity contribution is -0.247. The molecule has 142 valence electrons. The third-order valence-corrected chi connectivity index (χ3v) is 4.33. The van der Waals surface area contributed by atoms with Gasteiger partial charge in [0.2, 0.25) is 0 Å². The van der Waals surface area contributed by atoms with E-state index >= 15 is 0 Å². The molecule has 25 heavy (non-hydrogen) atoms. The lowest BCUT2D eigenvalue weighted by atomic mass is 9.87. The minimum Gasteiger partial charge on any atom is -0.379 e. The molecular weight excluding hydrogens is 316 g/mol. The van der Waals surface area contributed by atoms with E-state index in [4.69, 9.17) is 14.5 Å². The van der Waals surface area contributed by atoms with Crippen molar-refractivity contribution in [1.82, 2.24) is 0 Å². The summed E-state index contributed by atoms with van der Waals surface area (Å²) in [6, 6.07) is 7.42. The zero-order chi connectivity index (χ0) is 18.7. The number of carbonyl (C=O) groups excluding carboxylic acids is 1. The van der Waals surface area contributed by atoms with Crippen molar-refractivity contribution in [3.63, 3.8) is 0 Å². The maximum absolute atomic E-state index is 11.9. The normalized spacial score (nSPS) is 12.8. The Bertz CT molecular complexity index is 488. The molecule has 4 heteroatoms. The van der Waals surface area contributed by atoms with Crippen LogP contribution in [-0.2, 0) is 19.9 Å². The second kappa shape index (κ2) is 11.3. The van der Waals surface area contributed by atoms with Gasteiger partial charge in [0.15, 0.2) is 0 Å². The molecule has 1 atom stereocenters. The van der Waals surface area contributed by atoms with Gasteiger partial charge in [0.25, 0.3) is 0 Å². The maximum atomic E-state index is 11.9. The van der Waals surface area contributed by atoms with Crippen molar-refractivity contribution in [1.29, 1.82) is 0 Å². The molecule has 1 rings (SSSR count). The summed E-state index contributed by atoms with van der Waals surface area (Å²) < 4.78 is 5.61. The Morgan fingerprint density at radius 2 is 1.76 bits per heavy atom. The fourth-order valence-electron chi connectivity index (χ4n) is 2.49. The Labute approximate surface area is 152 Å². The molecule has 0 aromatic heterocycles.